The Hall–Kier alpha value is -1.59. The second-order valence-corrected chi connectivity index (χ2v) is 2.76. The molecule has 0 atom stereocenters. The highest BCUT2D eigenvalue weighted by molar-refractivity contribution is 5.82. The van der Waals surface area contributed by atoms with E-state index in [0.29, 0.717) is 0 Å². The fourth-order valence-electron chi connectivity index (χ4n) is 0.708. The van der Waals surface area contributed by atoms with Gasteiger partial charge in [0.25, 0.3) is 6.20 Å². The number of methoxy groups -OCH3 is 1. The molecule has 0 bridgehead atoms. The van der Waals surface area contributed by atoms with E-state index in [9.17, 15) is 4.79 Å². The maximum Gasteiger partial charge on any atom is 0.413 e. The number of ether oxygens (including phenoxy) is 1. The van der Waals surface area contributed by atoms with Gasteiger partial charge in [0.2, 0.25) is 5.27 Å². The lowest BCUT2D eigenvalue weighted by molar-refractivity contribution is -0.779. The monoisotopic (exact) mass is 186 g/mol. The van der Waals surface area contributed by atoms with Crippen LogP contribution in [-0.2, 0) is 4.74 Å². The smallest absolute Gasteiger partial charge is 0.413 e. The maximum absolute atomic E-state index is 10.7. The number of carbonyl (C=O) groups excluding carboxylic acids is 1. The van der Waals surface area contributed by atoms with E-state index in [0.717, 1.165) is 0 Å². The van der Waals surface area contributed by atoms with Crippen LogP contribution in [0.4, 0.5) is 10.7 Å². The summed E-state index contributed by atoms with van der Waals surface area (Å²) in [5.41, 5.74) is 0. The van der Waals surface area contributed by atoms with E-state index in [1.807, 2.05) is 13.8 Å². The van der Waals surface area contributed by atoms with E-state index >= 15 is 0 Å². The number of nitrogens with zero attached hydrogens (tertiary/aromatic N) is 2. The Bertz CT molecular complexity index is 295. The fourth-order valence-corrected chi connectivity index (χ4v) is 0.708. The summed E-state index contributed by atoms with van der Waals surface area (Å²) in [4.78, 5) is 10.7. The third-order valence-corrected chi connectivity index (χ3v) is 1.42. The molecule has 72 valence electrons. The zero-order chi connectivity index (χ0) is 9.84. The molecular formula is C7H12N3O3+. The first-order valence-electron chi connectivity index (χ1n) is 3.86. The number of rotatable bonds is 2. The van der Waals surface area contributed by atoms with Gasteiger partial charge in [-0.05, 0) is 18.5 Å². The number of amides is 1. The molecule has 0 radical (unpaired) electrons. The number of nitrogens with one attached hydrogen (secondary N) is 1. The molecule has 6 heteroatoms. The summed E-state index contributed by atoms with van der Waals surface area (Å²) in [6, 6.07) is 0.192. The lowest BCUT2D eigenvalue weighted by Crippen LogP contribution is -2.36. The van der Waals surface area contributed by atoms with Crippen molar-refractivity contribution in [3.8, 4) is 0 Å². The number of hydrogen-bond donors (Lipinski definition) is 1. The molecule has 1 heterocycles. The van der Waals surface area contributed by atoms with Gasteiger partial charge in [-0.3, -0.25) is 9.84 Å². The Morgan fingerprint density at radius 2 is 2.46 bits per heavy atom. The third kappa shape index (κ3) is 2.43. The standard InChI is InChI=1S/C7H11N3O3/c1-5(2)10-4-6(13-9-10)8-7(11)12-3/h4-5H,1-3H3/p+1. The topological polar surface area (TPSA) is 68.2 Å². The van der Waals surface area contributed by atoms with Crippen LogP contribution in [0.3, 0.4) is 0 Å². The summed E-state index contributed by atoms with van der Waals surface area (Å²) in [7, 11) is 1.28. The van der Waals surface area contributed by atoms with Crippen LogP contribution in [0, 0.1) is 0 Å². The van der Waals surface area contributed by atoms with E-state index in [1.54, 1.807) is 10.9 Å². The highest BCUT2D eigenvalue weighted by Gasteiger charge is 2.16. The molecule has 1 N–H and O–H groups in total. The molecule has 1 amide bonds. The van der Waals surface area contributed by atoms with Crippen molar-refractivity contribution in [2.75, 3.05) is 12.4 Å². The van der Waals surface area contributed by atoms with Gasteiger partial charge in [-0.2, -0.15) is 0 Å². The Labute approximate surface area is 75.4 Å². The predicted molar refractivity (Wildman–Crippen MR) is 43.1 cm³/mol. The molecule has 0 unspecified atom stereocenters. The van der Waals surface area contributed by atoms with Crippen molar-refractivity contribution in [1.82, 2.24) is 5.27 Å². The molecule has 0 spiro atoms. The summed E-state index contributed by atoms with van der Waals surface area (Å²) in [6.45, 7) is 3.90. The minimum Gasteiger partial charge on any atom is -0.453 e. The van der Waals surface area contributed by atoms with Gasteiger partial charge in [0, 0.05) is 0 Å². The van der Waals surface area contributed by atoms with Crippen molar-refractivity contribution in [3.63, 3.8) is 0 Å². The normalized spacial score (nSPS) is 10.2. The predicted octanol–water partition coefficient (Wildman–Crippen LogP) is 0.721. The second-order valence-electron chi connectivity index (χ2n) is 2.76. The third-order valence-electron chi connectivity index (χ3n) is 1.42. The fraction of sp³-hybridized carbons (Fsp3) is 0.571. The molecular weight excluding hydrogens is 174 g/mol. The number of hydrogen-bond acceptors (Lipinski definition) is 4. The van der Waals surface area contributed by atoms with Crippen molar-refractivity contribution in [2.45, 2.75) is 19.9 Å². The summed E-state index contributed by atoms with van der Waals surface area (Å²) >= 11 is 0. The summed E-state index contributed by atoms with van der Waals surface area (Å²) in [5, 5.41) is 6.03. The van der Waals surface area contributed by atoms with Crippen LogP contribution in [0.5, 0.6) is 0 Å². The van der Waals surface area contributed by atoms with E-state index in [2.05, 4.69) is 15.3 Å². The largest absolute Gasteiger partial charge is 0.453 e. The van der Waals surface area contributed by atoms with Gasteiger partial charge in [0.15, 0.2) is 6.04 Å². The van der Waals surface area contributed by atoms with Gasteiger partial charge in [-0.15, -0.1) is 0 Å². The Morgan fingerprint density at radius 3 is 2.92 bits per heavy atom. The Kier molecular flexibility index (Phi) is 2.84. The maximum atomic E-state index is 10.7. The molecule has 0 fully saturated rings. The number of carbonyl (C=O) groups is 1. The molecule has 1 rings (SSSR count). The molecule has 0 aromatic carbocycles. The van der Waals surface area contributed by atoms with E-state index in [4.69, 9.17) is 4.52 Å². The average Bonchev–Trinajstić information content (AvgIpc) is 2.52. The van der Waals surface area contributed by atoms with Gasteiger partial charge in [0.1, 0.15) is 0 Å². The molecule has 0 aliphatic rings. The van der Waals surface area contributed by atoms with Crippen LogP contribution in [0.1, 0.15) is 19.9 Å². The first kappa shape index (κ1) is 9.50. The van der Waals surface area contributed by atoms with Crippen LogP contribution in [0.2, 0.25) is 0 Å². The van der Waals surface area contributed by atoms with Crippen LogP contribution >= 0.6 is 0 Å². The highest BCUT2D eigenvalue weighted by Crippen LogP contribution is 2.02. The van der Waals surface area contributed by atoms with Crippen molar-refractivity contribution in [1.29, 1.82) is 0 Å². The van der Waals surface area contributed by atoms with E-state index in [-0.39, 0.29) is 11.9 Å². The molecule has 6 nitrogen and oxygen atoms in total. The van der Waals surface area contributed by atoms with Crippen molar-refractivity contribution in [2.24, 2.45) is 0 Å². The van der Waals surface area contributed by atoms with Gasteiger partial charge >= 0.3 is 12.0 Å². The first-order chi connectivity index (χ1) is 6.13. The second kappa shape index (κ2) is 3.88. The van der Waals surface area contributed by atoms with Crippen LogP contribution in [0.15, 0.2) is 10.7 Å². The molecule has 13 heavy (non-hydrogen) atoms. The molecule has 1 aromatic rings. The SMILES string of the molecule is COC(=O)Nc1c[n+](C(C)C)no1. The number of aromatic nitrogens is 2. The first-order valence-corrected chi connectivity index (χ1v) is 3.86. The van der Waals surface area contributed by atoms with Crippen molar-refractivity contribution < 1.29 is 18.7 Å². The van der Waals surface area contributed by atoms with E-state index < -0.39 is 6.09 Å². The lowest BCUT2D eigenvalue weighted by atomic mass is 10.4. The average molecular weight is 186 g/mol. The van der Waals surface area contributed by atoms with Crippen LogP contribution in [-0.4, -0.2) is 18.5 Å². The molecule has 1 aromatic heterocycles. The molecule has 0 aliphatic heterocycles. The van der Waals surface area contributed by atoms with Crippen LogP contribution in [0.25, 0.3) is 0 Å². The minimum atomic E-state index is -0.577. The van der Waals surface area contributed by atoms with Crippen LogP contribution < -0.4 is 10.00 Å². The zero-order valence-corrected chi connectivity index (χ0v) is 7.77. The molecule has 0 aliphatic carbocycles. The zero-order valence-electron chi connectivity index (χ0n) is 7.77. The summed E-state index contributed by atoms with van der Waals surface area (Å²) < 4.78 is 10.8. The summed E-state index contributed by atoms with van der Waals surface area (Å²) in [6.07, 6.45) is 1.01. The molecule has 0 saturated heterocycles. The van der Waals surface area contributed by atoms with Gasteiger partial charge in [-0.25, -0.2) is 4.79 Å². The highest BCUT2D eigenvalue weighted by atomic mass is 16.5. The Balaban J connectivity index is 2.64. The minimum absolute atomic E-state index is 0.192. The number of anilines is 1. The lowest BCUT2D eigenvalue weighted by Gasteiger charge is -1.93. The molecule has 0 saturated carbocycles. The van der Waals surface area contributed by atoms with E-state index in [1.165, 1.54) is 7.11 Å². The summed E-state index contributed by atoms with van der Waals surface area (Å²) in [5.74, 6) is 0.264. The van der Waals surface area contributed by atoms with Crippen molar-refractivity contribution in [3.05, 3.63) is 6.20 Å². The van der Waals surface area contributed by atoms with Crippen molar-refractivity contribution >= 4 is 12.0 Å². The van der Waals surface area contributed by atoms with Gasteiger partial charge in [0.05, 0.1) is 7.11 Å². The van der Waals surface area contributed by atoms with Gasteiger partial charge < -0.3 is 4.74 Å². The van der Waals surface area contributed by atoms with Gasteiger partial charge in [-0.1, -0.05) is 0 Å². The quantitative estimate of drug-likeness (QED) is 0.691. The Morgan fingerprint density at radius 1 is 1.77 bits per heavy atom.